The van der Waals surface area contributed by atoms with Crippen LogP contribution in [0.2, 0.25) is 0 Å². The third-order valence-electron chi connectivity index (χ3n) is 5.11. The molecule has 9 nitrogen and oxygen atoms in total. The lowest BCUT2D eigenvalue weighted by Gasteiger charge is -2.37. The number of fused-ring (bicyclic) bond motifs is 1. The Balaban J connectivity index is 1.38. The average molecular weight is 400 g/mol. The van der Waals surface area contributed by atoms with Crippen molar-refractivity contribution in [3.63, 3.8) is 0 Å². The van der Waals surface area contributed by atoms with Crippen LogP contribution >= 0.6 is 0 Å². The van der Waals surface area contributed by atoms with E-state index in [1.165, 1.54) is 0 Å². The summed E-state index contributed by atoms with van der Waals surface area (Å²) in [4.78, 5) is 19.1. The second-order valence-electron chi connectivity index (χ2n) is 7.43. The lowest BCUT2D eigenvalue weighted by molar-refractivity contribution is 0.102. The number of aromatic nitrogens is 5. The molecule has 4 heterocycles. The molecule has 0 unspecified atom stereocenters. The summed E-state index contributed by atoms with van der Waals surface area (Å²) in [5.74, 6) is 0.871. The first-order chi connectivity index (χ1) is 14.5. The molecule has 0 spiro atoms. The van der Waals surface area contributed by atoms with Crippen molar-refractivity contribution in [1.29, 1.82) is 0 Å². The van der Waals surface area contributed by atoms with Crippen LogP contribution in [0.3, 0.4) is 0 Å². The zero-order valence-electron chi connectivity index (χ0n) is 16.4. The lowest BCUT2D eigenvalue weighted by Crippen LogP contribution is -2.56. The highest BCUT2D eigenvalue weighted by Gasteiger charge is 2.24. The van der Waals surface area contributed by atoms with Crippen molar-refractivity contribution in [2.45, 2.75) is 6.04 Å². The summed E-state index contributed by atoms with van der Waals surface area (Å²) in [5, 5.41) is 16.3. The lowest BCUT2D eigenvalue weighted by atomic mass is 10.1. The number of aryl methyl sites for hydroxylation is 1. The second-order valence-corrected chi connectivity index (χ2v) is 7.43. The number of pyridine rings is 1. The van der Waals surface area contributed by atoms with E-state index >= 15 is 0 Å². The minimum Gasteiger partial charge on any atom is -0.353 e. The average Bonchev–Trinajstić information content (AvgIpc) is 3.17. The number of nitrogens with one attached hydrogen (secondary N) is 1. The maximum atomic E-state index is 12.7. The van der Waals surface area contributed by atoms with Crippen LogP contribution in [0.5, 0.6) is 0 Å². The number of anilines is 2. The van der Waals surface area contributed by atoms with Crippen LogP contribution in [0.4, 0.5) is 11.6 Å². The molecule has 0 aliphatic carbocycles. The predicted octanol–water partition coefficient (Wildman–Crippen LogP) is 1.82. The molecular weight excluding hydrogens is 380 g/mol. The van der Waals surface area contributed by atoms with E-state index in [2.05, 4.69) is 25.6 Å². The van der Waals surface area contributed by atoms with Gasteiger partial charge in [-0.25, -0.2) is 4.98 Å². The molecular formula is C21H20N8O. The number of amides is 1. The number of rotatable bonds is 4. The van der Waals surface area contributed by atoms with Crippen LogP contribution < -0.4 is 16.0 Å². The first-order valence-corrected chi connectivity index (χ1v) is 9.59. The minimum absolute atomic E-state index is 0.161. The summed E-state index contributed by atoms with van der Waals surface area (Å²) in [7, 11) is 1.88. The fourth-order valence-electron chi connectivity index (χ4n) is 3.48. The molecule has 1 aromatic carbocycles. The Hall–Kier alpha value is -3.85. The molecule has 1 fully saturated rings. The standard InChI is InChI=1S/C21H20N8O/c1-28-10-16(9-24-28)13-2-3-18-15(6-13)7-19(27-26-18)25-21(30)14-4-5-23-20(8-14)29-11-17(22)12-29/h2-10,17H,11-12,22H2,1H3,(H,25,27,30). The third-order valence-corrected chi connectivity index (χ3v) is 5.11. The number of carbonyl (C=O) groups is 1. The maximum Gasteiger partial charge on any atom is 0.257 e. The largest absolute Gasteiger partial charge is 0.353 e. The molecule has 3 aromatic heterocycles. The topological polar surface area (TPSA) is 115 Å². The zero-order chi connectivity index (χ0) is 20.7. The van der Waals surface area contributed by atoms with Crippen LogP contribution in [0.15, 0.2) is 55.0 Å². The van der Waals surface area contributed by atoms with Crippen molar-refractivity contribution in [1.82, 2.24) is 25.0 Å². The Morgan fingerprint density at radius 2 is 2.00 bits per heavy atom. The maximum absolute atomic E-state index is 12.7. The highest BCUT2D eigenvalue weighted by Crippen LogP contribution is 2.24. The summed E-state index contributed by atoms with van der Waals surface area (Å²) in [6.07, 6.45) is 5.38. The van der Waals surface area contributed by atoms with Gasteiger partial charge in [-0.05, 0) is 35.9 Å². The molecule has 5 rings (SSSR count). The van der Waals surface area contributed by atoms with Crippen molar-refractivity contribution in [3.05, 3.63) is 60.6 Å². The van der Waals surface area contributed by atoms with Crippen LogP contribution in [-0.4, -0.2) is 50.0 Å². The van der Waals surface area contributed by atoms with Gasteiger partial charge in [0.05, 0.1) is 11.7 Å². The summed E-state index contributed by atoms with van der Waals surface area (Å²) in [5.41, 5.74) is 9.12. The Morgan fingerprint density at radius 3 is 2.77 bits per heavy atom. The van der Waals surface area contributed by atoms with Gasteiger partial charge in [0.25, 0.3) is 5.91 Å². The first-order valence-electron chi connectivity index (χ1n) is 9.59. The number of nitrogens with zero attached hydrogens (tertiary/aromatic N) is 6. The summed E-state index contributed by atoms with van der Waals surface area (Å²) in [6, 6.07) is 11.3. The predicted molar refractivity (Wildman–Crippen MR) is 114 cm³/mol. The van der Waals surface area contributed by atoms with Gasteiger partial charge >= 0.3 is 0 Å². The van der Waals surface area contributed by atoms with E-state index in [1.807, 2.05) is 48.6 Å². The molecule has 0 bridgehead atoms. The third kappa shape index (κ3) is 3.46. The zero-order valence-corrected chi connectivity index (χ0v) is 16.4. The Labute approximate surface area is 172 Å². The quantitative estimate of drug-likeness (QED) is 0.537. The number of benzene rings is 1. The number of carbonyl (C=O) groups excluding carboxylic acids is 1. The Morgan fingerprint density at radius 1 is 1.13 bits per heavy atom. The van der Waals surface area contributed by atoms with Crippen LogP contribution in [0, 0.1) is 0 Å². The van der Waals surface area contributed by atoms with E-state index in [0.29, 0.717) is 11.4 Å². The van der Waals surface area contributed by atoms with E-state index in [4.69, 9.17) is 5.73 Å². The summed E-state index contributed by atoms with van der Waals surface area (Å²) in [6.45, 7) is 1.49. The summed E-state index contributed by atoms with van der Waals surface area (Å²) < 4.78 is 1.76. The monoisotopic (exact) mass is 400 g/mol. The number of nitrogens with two attached hydrogens (primary N) is 1. The van der Waals surface area contributed by atoms with Gasteiger partial charge in [-0.15, -0.1) is 10.2 Å². The molecule has 0 atom stereocenters. The van der Waals surface area contributed by atoms with E-state index in [-0.39, 0.29) is 11.9 Å². The molecule has 1 saturated heterocycles. The molecule has 0 saturated carbocycles. The van der Waals surface area contributed by atoms with Gasteiger partial charge in [-0.2, -0.15) is 5.10 Å². The van der Waals surface area contributed by atoms with Gasteiger partial charge in [0, 0.05) is 55.1 Å². The van der Waals surface area contributed by atoms with Gasteiger partial charge < -0.3 is 16.0 Å². The van der Waals surface area contributed by atoms with Crippen molar-refractivity contribution < 1.29 is 4.79 Å². The van der Waals surface area contributed by atoms with Gasteiger partial charge in [-0.1, -0.05) is 6.07 Å². The molecule has 30 heavy (non-hydrogen) atoms. The normalized spacial score (nSPS) is 14.0. The fourth-order valence-corrected chi connectivity index (χ4v) is 3.48. The van der Waals surface area contributed by atoms with Gasteiger partial charge in [0.2, 0.25) is 0 Å². The fraction of sp³-hybridized carbons (Fsp3) is 0.190. The SMILES string of the molecule is Cn1cc(-c2ccc3nnc(NC(=O)c4ccnc(N5CC(N)C5)c4)cc3c2)cn1. The van der Waals surface area contributed by atoms with Gasteiger partial charge in [0.15, 0.2) is 5.82 Å². The van der Waals surface area contributed by atoms with Gasteiger partial charge in [-0.3, -0.25) is 9.48 Å². The van der Waals surface area contributed by atoms with Crippen molar-refractivity contribution in [3.8, 4) is 11.1 Å². The molecule has 3 N–H and O–H groups in total. The molecule has 0 radical (unpaired) electrons. The Bertz CT molecular complexity index is 1240. The van der Waals surface area contributed by atoms with E-state index in [0.717, 1.165) is 40.9 Å². The molecule has 1 aliphatic rings. The molecule has 1 amide bonds. The minimum atomic E-state index is -0.263. The van der Waals surface area contributed by atoms with Crippen LogP contribution in [-0.2, 0) is 7.05 Å². The molecule has 9 heteroatoms. The molecule has 4 aromatic rings. The highest BCUT2D eigenvalue weighted by molar-refractivity contribution is 6.04. The van der Waals surface area contributed by atoms with Crippen molar-refractivity contribution in [2.24, 2.45) is 12.8 Å². The van der Waals surface area contributed by atoms with Gasteiger partial charge in [0.1, 0.15) is 5.82 Å². The van der Waals surface area contributed by atoms with Crippen LogP contribution in [0.25, 0.3) is 22.0 Å². The van der Waals surface area contributed by atoms with Crippen molar-refractivity contribution >= 4 is 28.4 Å². The smallest absolute Gasteiger partial charge is 0.257 e. The first kappa shape index (κ1) is 18.2. The number of hydrogen-bond acceptors (Lipinski definition) is 7. The second kappa shape index (κ2) is 7.20. The van der Waals surface area contributed by atoms with E-state index in [1.54, 1.807) is 23.0 Å². The molecule has 150 valence electrons. The molecule has 1 aliphatic heterocycles. The van der Waals surface area contributed by atoms with Crippen LogP contribution in [0.1, 0.15) is 10.4 Å². The number of hydrogen-bond donors (Lipinski definition) is 2. The van der Waals surface area contributed by atoms with E-state index < -0.39 is 0 Å². The highest BCUT2D eigenvalue weighted by atomic mass is 16.1. The van der Waals surface area contributed by atoms with E-state index in [9.17, 15) is 4.79 Å². The Kier molecular flexibility index (Phi) is 4.36. The van der Waals surface area contributed by atoms with Crippen molar-refractivity contribution in [2.75, 3.05) is 23.3 Å². The summed E-state index contributed by atoms with van der Waals surface area (Å²) >= 11 is 0.